The van der Waals surface area contributed by atoms with Crippen LogP contribution in [0.1, 0.15) is 40.0 Å². The van der Waals surface area contributed by atoms with Crippen LogP contribution in [0.5, 0.6) is 0 Å². The highest BCUT2D eigenvalue weighted by atomic mass is 32.1. The number of hydrogen-bond donors (Lipinski definition) is 3. The molecule has 0 fully saturated rings. The predicted molar refractivity (Wildman–Crippen MR) is 73.2 cm³/mol. The minimum atomic E-state index is -0.117. The van der Waals surface area contributed by atoms with E-state index in [1.807, 2.05) is 0 Å². The van der Waals surface area contributed by atoms with E-state index in [0.29, 0.717) is 19.5 Å². The quantitative estimate of drug-likeness (QED) is 0.456. The van der Waals surface area contributed by atoms with Crippen LogP contribution in [0.25, 0.3) is 0 Å². The summed E-state index contributed by atoms with van der Waals surface area (Å²) < 4.78 is 0. The molecule has 0 rings (SSSR count). The van der Waals surface area contributed by atoms with Crippen LogP contribution in [0.4, 0.5) is 0 Å². The van der Waals surface area contributed by atoms with Crippen LogP contribution in [-0.4, -0.2) is 30.7 Å². The highest BCUT2D eigenvalue weighted by Gasteiger charge is 2.20. The topological polar surface area (TPSA) is 58.2 Å². The molecule has 0 aliphatic carbocycles. The van der Waals surface area contributed by atoms with Crippen molar-refractivity contribution in [3.05, 3.63) is 0 Å². The SMILES string of the molecule is CCCC(C)(C)CC(=O)NCCNC(=O)CS. The maximum Gasteiger partial charge on any atom is 0.229 e. The Kier molecular flexibility index (Phi) is 8.04. The third-order valence-electron chi connectivity index (χ3n) is 2.48. The summed E-state index contributed by atoms with van der Waals surface area (Å²) in [6, 6.07) is 0. The van der Waals surface area contributed by atoms with E-state index in [2.05, 4.69) is 44.0 Å². The van der Waals surface area contributed by atoms with Crippen LogP contribution >= 0.6 is 12.6 Å². The second-order valence-corrected chi connectivity index (χ2v) is 5.27. The molecule has 0 aliphatic heterocycles. The van der Waals surface area contributed by atoms with Gasteiger partial charge in [0.1, 0.15) is 0 Å². The lowest BCUT2D eigenvalue weighted by atomic mass is 9.84. The fourth-order valence-electron chi connectivity index (χ4n) is 1.72. The van der Waals surface area contributed by atoms with Crippen LogP contribution in [0.3, 0.4) is 0 Å². The highest BCUT2D eigenvalue weighted by molar-refractivity contribution is 7.81. The summed E-state index contributed by atoms with van der Waals surface area (Å²) >= 11 is 3.84. The maximum absolute atomic E-state index is 11.6. The molecule has 2 N–H and O–H groups in total. The molecular weight excluding hydrogens is 236 g/mol. The first-order chi connectivity index (χ1) is 7.91. The van der Waals surface area contributed by atoms with Crippen LogP contribution < -0.4 is 10.6 Å². The zero-order valence-corrected chi connectivity index (χ0v) is 11.9. The average Bonchev–Trinajstić information content (AvgIpc) is 2.23. The van der Waals surface area contributed by atoms with Crippen molar-refractivity contribution in [3.63, 3.8) is 0 Å². The van der Waals surface area contributed by atoms with Crippen LogP contribution in [-0.2, 0) is 9.59 Å². The molecule has 0 aromatic carbocycles. The second-order valence-electron chi connectivity index (χ2n) is 4.95. The average molecular weight is 260 g/mol. The summed E-state index contributed by atoms with van der Waals surface area (Å²) in [6.07, 6.45) is 2.65. The lowest BCUT2D eigenvalue weighted by Gasteiger charge is -2.23. The summed E-state index contributed by atoms with van der Waals surface area (Å²) in [5, 5.41) is 5.44. The molecule has 0 aromatic rings. The molecule has 4 nitrogen and oxygen atoms in total. The number of rotatable bonds is 8. The van der Waals surface area contributed by atoms with Gasteiger partial charge >= 0.3 is 0 Å². The lowest BCUT2D eigenvalue weighted by molar-refractivity contribution is -0.123. The number of nitrogens with one attached hydrogen (secondary N) is 2. The molecule has 2 amide bonds. The van der Waals surface area contributed by atoms with Crippen molar-refractivity contribution in [2.45, 2.75) is 40.0 Å². The molecule has 0 aromatic heterocycles. The number of amides is 2. The van der Waals surface area contributed by atoms with E-state index in [4.69, 9.17) is 0 Å². The van der Waals surface area contributed by atoms with Gasteiger partial charge in [-0.1, -0.05) is 27.2 Å². The molecule has 0 heterocycles. The van der Waals surface area contributed by atoms with E-state index in [-0.39, 0.29) is 23.0 Å². The first-order valence-corrected chi connectivity index (χ1v) is 6.69. The minimum Gasteiger partial charge on any atom is -0.354 e. The molecule has 17 heavy (non-hydrogen) atoms. The van der Waals surface area contributed by atoms with Crippen molar-refractivity contribution in [1.82, 2.24) is 10.6 Å². The van der Waals surface area contributed by atoms with Gasteiger partial charge in [0.25, 0.3) is 0 Å². The number of hydrogen-bond acceptors (Lipinski definition) is 3. The molecular formula is C12H24N2O2S. The molecule has 0 spiro atoms. The monoisotopic (exact) mass is 260 g/mol. The van der Waals surface area contributed by atoms with Crippen molar-refractivity contribution in [2.75, 3.05) is 18.8 Å². The van der Waals surface area contributed by atoms with E-state index in [0.717, 1.165) is 12.8 Å². The van der Waals surface area contributed by atoms with Crippen molar-refractivity contribution in [1.29, 1.82) is 0 Å². The van der Waals surface area contributed by atoms with Gasteiger partial charge < -0.3 is 10.6 Å². The van der Waals surface area contributed by atoms with Crippen LogP contribution in [0, 0.1) is 5.41 Å². The third-order valence-corrected chi connectivity index (χ3v) is 2.77. The van der Waals surface area contributed by atoms with Gasteiger partial charge in [0, 0.05) is 19.5 Å². The van der Waals surface area contributed by atoms with Gasteiger partial charge in [0.15, 0.2) is 0 Å². The minimum absolute atomic E-state index is 0.0450. The first-order valence-electron chi connectivity index (χ1n) is 6.05. The largest absolute Gasteiger partial charge is 0.354 e. The summed E-state index contributed by atoms with van der Waals surface area (Å²) in [5.74, 6) is 0.106. The summed E-state index contributed by atoms with van der Waals surface area (Å²) in [5.41, 5.74) is 0.0488. The Morgan fingerprint density at radius 2 is 1.65 bits per heavy atom. The zero-order chi connectivity index (χ0) is 13.3. The van der Waals surface area contributed by atoms with Crippen molar-refractivity contribution >= 4 is 24.4 Å². The molecule has 0 radical (unpaired) electrons. The fourth-order valence-corrected chi connectivity index (χ4v) is 1.83. The molecule has 0 atom stereocenters. The van der Waals surface area contributed by atoms with Gasteiger partial charge in [-0.15, -0.1) is 0 Å². The van der Waals surface area contributed by atoms with E-state index >= 15 is 0 Å². The molecule has 0 saturated heterocycles. The standard InChI is InChI=1S/C12H24N2O2S/c1-4-5-12(2,3)8-10(15)13-6-7-14-11(16)9-17/h17H,4-9H2,1-3H3,(H,13,15)(H,14,16). The number of thiol groups is 1. The van der Waals surface area contributed by atoms with E-state index in [1.54, 1.807) is 0 Å². The Morgan fingerprint density at radius 3 is 2.12 bits per heavy atom. The summed E-state index contributed by atoms with van der Waals surface area (Å²) in [7, 11) is 0. The maximum atomic E-state index is 11.6. The Bertz CT molecular complexity index is 255. The Morgan fingerprint density at radius 1 is 1.12 bits per heavy atom. The van der Waals surface area contributed by atoms with E-state index in [9.17, 15) is 9.59 Å². The summed E-state index contributed by atoms with van der Waals surface area (Å²) in [6.45, 7) is 7.24. The number of carbonyl (C=O) groups is 2. The van der Waals surface area contributed by atoms with Crippen molar-refractivity contribution in [3.8, 4) is 0 Å². The van der Waals surface area contributed by atoms with Gasteiger partial charge in [-0.05, 0) is 11.8 Å². The molecule has 5 heteroatoms. The Balaban J connectivity index is 3.69. The van der Waals surface area contributed by atoms with Gasteiger partial charge in [-0.2, -0.15) is 12.6 Å². The smallest absolute Gasteiger partial charge is 0.229 e. The zero-order valence-electron chi connectivity index (χ0n) is 11.0. The fraction of sp³-hybridized carbons (Fsp3) is 0.833. The van der Waals surface area contributed by atoms with Gasteiger partial charge in [0.05, 0.1) is 5.75 Å². The van der Waals surface area contributed by atoms with Crippen LogP contribution in [0.2, 0.25) is 0 Å². The van der Waals surface area contributed by atoms with Crippen molar-refractivity contribution in [2.24, 2.45) is 5.41 Å². The molecule has 0 unspecified atom stereocenters. The van der Waals surface area contributed by atoms with E-state index in [1.165, 1.54) is 0 Å². The second kappa shape index (κ2) is 8.39. The first kappa shape index (κ1) is 16.3. The van der Waals surface area contributed by atoms with Gasteiger partial charge in [0.2, 0.25) is 11.8 Å². The molecule has 0 bridgehead atoms. The predicted octanol–water partition coefficient (Wildman–Crippen LogP) is 1.36. The molecule has 0 aliphatic rings. The third kappa shape index (κ3) is 9.03. The highest BCUT2D eigenvalue weighted by Crippen LogP contribution is 2.26. The molecule has 100 valence electrons. The molecule has 0 saturated carbocycles. The van der Waals surface area contributed by atoms with Gasteiger partial charge in [-0.3, -0.25) is 9.59 Å². The van der Waals surface area contributed by atoms with Gasteiger partial charge in [-0.25, -0.2) is 0 Å². The Hall–Kier alpha value is -0.710. The Labute approximate surface area is 109 Å². The number of carbonyl (C=O) groups excluding carboxylic acids is 2. The summed E-state index contributed by atoms with van der Waals surface area (Å²) in [4.78, 5) is 22.5. The normalized spacial score (nSPS) is 11.1. The van der Waals surface area contributed by atoms with Crippen molar-refractivity contribution < 1.29 is 9.59 Å². The van der Waals surface area contributed by atoms with Crippen LogP contribution in [0.15, 0.2) is 0 Å². The van der Waals surface area contributed by atoms with E-state index < -0.39 is 0 Å². The lowest BCUT2D eigenvalue weighted by Crippen LogP contribution is -2.36.